The second-order valence-corrected chi connectivity index (χ2v) is 6.54. The normalized spacial score (nSPS) is 10.3. The van der Waals surface area contributed by atoms with Crippen LogP contribution < -0.4 is 15.4 Å². The highest BCUT2D eigenvalue weighted by molar-refractivity contribution is 6.31. The maximum atomic E-state index is 12.3. The highest BCUT2D eigenvalue weighted by Gasteiger charge is 2.14. The molecule has 0 bridgehead atoms. The Morgan fingerprint density at radius 2 is 1.73 bits per heavy atom. The van der Waals surface area contributed by atoms with Crippen LogP contribution in [0.1, 0.15) is 15.9 Å². The number of nitrogens with two attached hydrogens (primary N) is 1. The number of carbonyl (C=O) groups excluding carboxylic acids is 2. The van der Waals surface area contributed by atoms with Crippen molar-refractivity contribution in [1.29, 1.82) is 0 Å². The molecule has 0 fully saturated rings. The number of anilines is 1. The fourth-order valence-electron chi connectivity index (χ4n) is 2.33. The summed E-state index contributed by atoms with van der Waals surface area (Å²) in [7, 11) is 5.64. The van der Waals surface area contributed by atoms with Gasteiger partial charge in [0.05, 0.1) is 5.56 Å². The summed E-state index contributed by atoms with van der Waals surface area (Å²) in [4.78, 5) is 27.3. The minimum atomic E-state index is -0.663. The first-order chi connectivity index (χ1) is 12.3. The molecule has 0 radical (unpaired) electrons. The topological polar surface area (TPSA) is 75.9 Å². The number of hydrogen-bond acceptors (Lipinski definition) is 4. The average Bonchev–Trinajstić information content (AvgIpc) is 2.60. The summed E-state index contributed by atoms with van der Waals surface area (Å²) >= 11 is 5.85. The van der Waals surface area contributed by atoms with E-state index in [9.17, 15) is 9.59 Å². The standard InChI is InChI=1S/C19H22ClN3O3/c1-22(2)15-7-4-13(5-8-15)11-23(3)18(24)12-26-17-9-6-14(20)10-16(17)19(21)25/h4-10H,11-12H2,1-3H3,(H2,21,25). The van der Waals surface area contributed by atoms with Gasteiger partial charge in [0.1, 0.15) is 5.75 Å². The molecule has 2 aromatic carbocycles. The van der Waals surface area contributed by atoms with Crippen molar-refractivity contribution in [1.82, 2.24) is 4.90 Å². The smallest absolute Gasteiger partial charge is 0.260 e. The number of amides is 2. The SMILES string of the molecule is CN(Cc1ccc(N(C)C)cc1)C(=O)COc1ccc(Cl)cc1C(N)=O. The van der Waals surface area contributed by atoms with E-state index >= 15 is 0 Å². The van der Waals surface area contributed by atoms with E-state index in [0.717, 1.165) is 11.3 Å². The van der Waals surface area contributed by atoms with Crippen LogP contribution in [0.25, 0.3) is 0 Å². The highest BCUT2D eigenvalue weighted by atomic mass is 35.5. The third kappa shape index (κ3) is 5.13. The first-order valence-electron chi connectivity index (χ1n) is 8.00. The third-order valence-corrected chi connectivity index (χ3v) is 4.09. The highest BCUT2D eigenvalue weighted by Crippen LogP contribution is 2.22. The molecule has 138 valence electrons. The summed E-state index contributed by atoms with van der Waals surface area (Å²) < 4.78 is 5.47. The van der Waals surface area contributed by atoms with E-state index in [1.807, 2.05) is 43.3 Å². The van der Waals surface area contributed by atoms with Crippen molar-refractivity contribution in [3.8, 4) is 5.75 Å². The van der Waals surface area contributed by atoms with E-state index in [1.54, 1.807) is 18.0 Å². The maximum absolute atomic E-state index is 12.3. The fraction of sp³-hybridized carbons (Fsp3) is 0.263. The Bertz CT molecular complexity index is 791. The van der Waals surface area contributed by atoms with Crippen molar-refractivity contribution in [3.05, 3.63) is 58.6 Å². The first kappa shape index (κ1) is 19.6. The van der Waals surface area contributed by atoms with E-state index in [-0.39, 0.29) is 23.8 Å². The summed E-state index contributed by atoms with van der Waals surface area (Å²) in [5, 5.41) is 0.371. The molecule has 2 N–H and O–H groups in total. The minimum Gasteiger partial charge on any atom is -0.483 e. The van der Waals surface area contributed by atoms with Gasteiger partial charge in [0, 0.05) is 38.4 Å². The maximum Gasteiger partial charge on any atom is 0.260 e. The molecule has 0 heterocycles. The Morgan fingerprint density at radius 1 is 1.08 bits per heavy atom. The molecular weight excluding hydrogens is 354 g/mol. The van der Waals surface area contributed by atoms with Gasteiger partial charge in [-0.3, -0.25) is 9.59 Å². The lowest BCUT2D eigenvalue weighted by Crippen LogP contribution is -2.31. The lowest BCUT2D eigenvalue weighted by molar-refractivity contribution is -0.132. The molecule has 0 atom stereocenters. The molecule has 6 nitrogen and oxygen atoms in total. The molecule has 0 aliphatic rings. The number of hydrogen-bond donors (Lipinski definition) is 1. The van der Waals surface area contributed by atoms with Gasteiger partial charge in [-0.1, -0.05) is 23.7 Å². The van der Waals surface area contributed by atoms with Gasteiger partial charge in [0.2, 0.25) is 0 Å². The molecule has 0 aliphatic heterocycles. The number of rotatable bonds is 7. The Labute approximate surface area is 158 Å². The van der Waals surface area contributed by atoms with Gasteiger partial charge in [-0.25, -0.2) is 0 Å². The Kier molecular flexibility index (Phi) is 6.46. The van der Waals surface area contributed by atoms with Crippen LogP contribution >= 0.6 is 11.6 Å². The van der Waals surface area contributed by atoms with Gasteiger partial charge < -0.3 is 20.3 Å². The number of ether oxygens (including phenoxy) is 1. The van der Waals surface area contributed by atoms with Crippen LogP contribution in [0.15, 0.2) is 42.5 Å². The summed E-state index contributed by atoms with van der Waals surface area (Å²) in [6.45, 7) is 0.257. The van der Waals surface area contributed by atoms with Crippen molar-refractivity contribution in [2.24, 2.45) is 5.73 Å². The van der Waals surface area contributed by atoms with Crippen LogP contribution in [0, 0.1) is 0 Å². The molecule has 0 aliphatic carbocycles. The van der Waals surface area contributed by atoms with Gasteiger partial charge in [-0.05, 0) is 35.9 Å². The molecule has 0 saturated heterocycles. The Morgan fingerprint density at radius 3 is 2.31 bits per heavy atom. The quantitative estimate of drug-likeness (QED) is 0.806. The second-order valence-electron chi connectivity index (χ2n) is 6.10. The summed E-state index contributed by atoms with van der Waals surface area (Å²) in [6, 6.07) is 12.5. The van der Waals surface area contributed by atoms with E-state index in [4.69, 9.17) is 22.1 Å². The number of primary amides is 1. The Balaban J connectivity index is 1.96. The number of carbonyl (C=O) groups is 2. The summed E-state index contributed by atoms with van der Waals surface area (Å²) in [5.74, 6) is -0.643. The van der Waals surface area contributed by atoms with E-state index in [1.165, 1.54) is 12.1 Å². The number of benzene rings is 2. The molecule has 2 aromatic rings. The summed E-state index contributed by atoms with van der Waals surface area (Å²) in [5.41, 5.74) is 7.55. The largest absolute Gasteiger partial charge is 0.483 e. The predicted octanol–water partition coefficient (Wildman–Crippen LogP) is 2.54. The lowest BCUT2D eigenvalue weighted by Gasteiger charge is -2.19. The van der Waals surface area contributed by atoms with Crippen LogP contribution in [0.5, 0.6) is 5.75 Å². The van der Waals surface area contributed by atoms with Gasteiger partial charge in [-0.2, -0.15) is 0 Å². The van der Waals surface area contributed by atoms with Crippen molar-refractivity contribution in [3.63, 3.8) is 0 Å². The monoisotopic (exact) mass is 375 g/mol. The molecule has 7 heteroatoms. The minimum absolute atomic E-state index is 0.146. The van der Waals surface area contributed by atoms with Crippen molar-refractivity contribution < 1.29 is 14.3 Å². The molecule has 0 unspecified atom stereocenters. The van der Waals surface area contributed by atoms with E-state index < -0.39 is 5.91 Å². The van der Waals surface area contributed by atoms with Crippen LogP contribution in [0.4, 0.5) is 5.69 Å². The molecule has 0 spiro atoms. The summed E-state index contributed by atoms with van der Waals surface area (Å²) in [6.07, 6.45) is 0. The third-order valence-electron chi connectivity index (χ3n) is 3.86. The van der Waals surface area contributed by atoms with Gasteiger partial charge in [0.15, 0.2) is 6.61 Å². The van der Waals surface area contributed by atoms with Gasteiger partial charge >= 0.3 is 0 Å². The number of halogens is 1. The number of nitrogens with zero attached hydrogens (tertiary/aromatic N) is 2. The van der Waals surface area contributed by atoms with Crippen molar-refractivity contribution in [2.75, 3.05) is 32.6 Å². The predicted molar refractivity (Wildman–Crippen MR) is 103 cm³/mol. The van der Waals surface area contributed by atoms with Crippen molar-refractivity contribution in [2.45, 2.75) is 6.54 Å². The van der Waals surface area contributed by atoms with E-state index in [0.29, 0.717) is 11.6 Å². The van der Waals surface area contributed by atoms with Crippen LogP contribution in [-0.2, 0) is 11.3 Å². The van der Waals surface area contributed by atoms with Crippen molar-refractivity contribution >= 4 is 29.1 Å². The number of likely N-dealkylation sites (N-methyl/N-ethyl adjacent to an activating group) is 1. The average molecular weight is 376 g/mol. The first-order valence-corrected chi connectivity index (χ1v) is 8.38. The molecule has 2 rings (SSSR count). The molecule has 26 heavy (non-hydrogen) atoms. The van der Waals surface area contributed by atoms with Crippen LogP contribution in [0.2, 0.25) is 5.02 Å². The van der Waals surface area contributed by atoms with Crippen LogP contribution in [0.3, 0.4) is 0 Å². The zero-order chi connectivity index (χ0) is 19.3. The Hall–Kier alpha value is -2.73. The zero-order valence-corrected chi connectivity index (χ0v) is 15.8. The van der Waals surface area contributed by atoms with Gasteiger partial charge in [0.25, 0.3) is 11.8 Å². The lowest BCUT2D eigenvalue weighted by atomic mass is 10.2. The zero-order valence-electron chi connectivity index (χ0n) is 15.0. The fourth-order valence-corrected chi connectivity index (χ4v) is 2.50. The van der Waals surface area contributed by atoms with Gasteiger partial charge in [-0.15, -0.1) is 0 Å². The molecule has 0 saturated carbocycles. The van der Waals surface area contributed by atoms with E-state index in [2.05, 4.69) is 0 Å². The molecule has 2 amide bonds. The van der Waals surface area contributed by atoms with Crippen LogP contribution in [-0.4, -0.2) is 44.5 Å². The molecule has 0 aromatic heterocycles. The molecular formula is C19H22ClN3O3. The second kappa shape index (κ2) is 8.58.